The number of methoxy groups -OCH3 is 2. The first-order valence-corrected chi connectivity index (χ1v) is 9.61. The molecule has 0 saturated heterocycles. The SMILES string of the molecule is CN=C(NCCNC(=O)C1CCCCC1)NCc1ccc(OC)c(OC)c1. The molecule has 7 heteroatoms. The molecule has 0 heterocycles. The van der Waals surface area contributed by atoms with E-state index in [1.807, 2.05) is 18.2 Å². The second-order valence-corrected chi connectivity index (χ2v) is 6.67. The fourth-order valence-corrected chi connectivity index (χ4v) is 3.27. The van der Waals surface area contributed by atoms with Gasteiger partial charge < -0.3 is 25.4 Å². The molecule has 1 aromatic rings. The first kappa shape index (κ1) is 20.9. The van der Waals surface area contributed by atoms with Crippen LogP contribution in [0.4, 0.5) is 0 Å². The molecule has 0 atom stereocenters. The maximum Gasteiger partial charge on any atom is 0.223 e. The molecule has 0 radical (unpaired) electrons. The number of hydrogen-bond donors (Lipinski definition) is 3. The van der Waals surface area contributed by atoms with Crippen LogP contribution in [0.2, 0.25) is 0 Å². The first-order chi connectivity index (χ1) is 13.2. The number of aliphatic imine (C=N–C) groups is 1. The average Bonchev–Trinajstić information content (AvgIpc) is 2.73. The summed E-state index contributed by atoms with van der Waals surface area (Å²) in [5.74, 6) is 2.48. The van der Waals surface area contributed by atoms with Crippen LogP contribution in [-0.4, -0.2) is 46.2 Å². The number of amides is 1. The molecule has 0 aliphatic heterocycles. The van der Waals surface area contributed by atoms with E-state index in [9.17, 15) is 4.79 Å². The molecule has 1 aliphatic carbocycles. The van der Waals surface area contributed by atoms with E-state index in [1.165, 1.54) is 19.3 Å². The Labute approximate surface area is 161 Å². The van der Waals surface area contributed by atoms with Gasteiger partial charge in [0.15, 0.2) is 17.5 Å². The predicted molar refractivity (Wildman–Crippen MR) is 107 cm³/mol. The molecule has 1 aliphatic rings. The van der Waals surface area contributed by atoms with Crippen LogP contribution in [0.25, 0.3) is 0 Å². The van der Waals surface area contributed by atoms with E-state index in [4.69, 9.17) is 9.47 Å². The van der Waals surface area contributed by atoms with Gasteiger partial charge >= 0.3 is 0 Å². The van der Waals surface area contributed by atoms with E-state index in [0.29, 0.717) is 37.1 Å². The second-order valence-electron chi connectivity index (χ2n) is 6.67. The molecule has 150 valence electrons. The van der Waals surface area contributed by atoms with Crippen LogP contribution in [0.15, 0.2) is 23.2 Å². The average molecular weight is 377 g/mol. The molecule has 0 bridgehead atoms. The van der Waals surface area contributed by atoms with Gasteiger partial charge in [-0.25, -0.2) is 0 Å². The molecule has 3 N–H and O–H groups in total. The van der Waals surface area contributed by atoms with Gasteiger partial charge in [-0.15, -0.1) is 0 Å². The van der Waals surface area contributed by atoms with Crippen molar-refractivity contribution >= 4 is 11.9 Å². The van der Waals surface area contributed by atoms with Crippen molar-refractivity contribution < 1.29 is 14.3 Å². The largest absolute Gasteiger partial charge is 0.493 e. The van der Waals surface area contributed by atoms with Gasteiger partial charge in [0.1, 0.15) is 0 Å². The Hall–Kier alpha value is -2.44. The lowest BCUT2D eigenvalue weighted by Gasteiger charge is -2.21. The zero-order valence-corrected chi connectivity index (χ0v) is 16.6. The number of rotatable bonds is 8. The molecule has 1 saturated carbocycles. The highest BCUT2D eigenvalue weighted by Gasteiger charge is 2.20. The zero-order valence-electron chi connectivity index (χ0n) is 16.6. The lowest BCUT2D eigenvalue weighted by atomic mass is 9.89. The Bertz CT molecular complexity index is 628. The van der Waals surface area contributed by atoms with Crippen molar-refractivity contribution in [2.75, 3.05) is 34.4 Å². The summed E-state index contributed by atoms with van der Waals surface area (Å²) >= 11 is 0. The minimum atomic E-state index is 0.185. The Balaban J connectivity index is 1.70. The van der Waals surface area contributed by atoms with Crippen molar-refractivity contribution in [1.29, 1.82) is 0 Å². The number of carbonyl (C=O) groups excluding carboxylic acids is 1. The van der Waals surface area contributed by atoms with E-state index >= 15 is 0 Å². The molecule has 0 aromatic heterocycles. The number of carbonyl (C=O) groups is 1. The number of nitrogens with one attached hydrogen (secondary N) is 3. The predicted octanol–water partition coefficient (Wildman–Crippen LogP) is 2.07. The number of nitrogens with zero attached hydrogens (tertiary/aromatic N) is 1. The quantitative estimate of drug-likeness (QED) is 0.367. The van der Waals surface area contributed by atoms with E-state index in [1.54, 1.807) is 21.3 Å². The number of ether oxygens (including phenoxy) is 2. The summed E-state index contributed by atoms with van der Waals surface area (Å²) in [4.78, 5) is 16.3. The molecule has 0 spiro atoms. The Kier molecular flexibility index (Phi) is 8.74. The molecule has 2 rings (SSSR count). The van der Waals surface area contributed by atoms with Crippen LogP contribution in [0.5, 0.6) is 11.5 Å². The second kappa shape index (κ2) is 11.3. The third kappa shape index (κ3) is 6.66. The van der Waals surface area contributed by atoms with Gasteiger partial charge in [0, 0.05) is 32.6 Å². The van der Waals surface area contributed by atoms with Crippen LogP contribution in [0, 0.1) is 5.92 Å². The molecule has 1 amide bonds. The normalized spacial score (nSPS) is 15.1. The van der Waals surface area contributed by atoms with Crippen LogP contribution < -0.4 is 25.4 Å². The van der Waals surface area contributed by atoms with Gasteiger partial charge in [0.2, 0.25) is 5.91 Å². The molecule has 27 heavy (non-hydrogen) atoms. The Morgan fingerprint density at radius 1 is 1.04 bits per heavy atom. The fraction of sp³-hybridized carbons (Fsp3) is 0.600. The van der Waals surface area contributed by atoms with Crippen molar-refractivity contribution in [3.8, 4) is 11.5 Å². The molecule has 0 unspecified atom stereocenters. The summed E-state index contributed by atoms with van der Waals surface area (Å²) < 4.78 is 10.6. The van der Waals surface area contributed by atoms with Crippen LogP contribution in [-0.2, 0) is 11.3 Å². The van der Waals surface area contributed by atoms with E-state index in [-0.39, 0.29) is 11.8 Å². The smallest absolute Gasteiger partial charge is 0.223 e. The van der Waals surface area contributed by atoms with Crippen molar-refractivity contribution in [2.24, 2.45) is 10.9 Å². The van der Waals surface area contributed by atoms with Crippen molar-refractivity contribution in [2.45, 2.75) is 38.6 Å². The molecule has 7 nitrogen and oxygen atoms in total. The monoisotopic (exact) mass is 376 g/mol. The topological polar surface area (TPSA) is 84.0 Å². The van der Waals surface area contributed by atoms with Gasteiger partial charge in [-0.2, -0.15) is 0 Å². The molecule has 1 fully saturated rings. The fourth-order valence-electron chi connectivity index (χ4n) is 3.27. The highest BCUT2D eigenvalue weighted by molar-refractivity contribution is 5.80. The van der Waals surface area contributed by atoms with Gasteiger partial charge in [-0.3, -0.25) is 9.79 Å². The van der Waals surface area contributed by atoms with Gasteiger partial charge in [-0.1, -0.05) is 25.3 Å². The highest BCUT2D eigenvalue weighted by Crippen LogP contribution is 2.27. The first-order valence-electron chi connectivity index (χ1n) is 9.61. The lowest BCUT2D eigenvalue weighted by molar-refractivity contribution is -0.125. The van der Waals surface area contributed by atoms with E-state index in [2.05, 4.69) is 20.9 Å². The standard InChI is InChI=1S/C20H32N4O3/c1-21-20(23-12-11-22-19(25)16-7-5-4-6-8-16)24-14-15-9-10-17(26-2)18(13-15)27-3/h9-10,13,16H,4-8,11-12,14H2,1-3H3,(H,22,25)(H2,21,23,24). The molecular weight excluding hydrogens is 344 g/mol. The van der Waals surface area contributed by atoms with Gasteiger partial charge in [0.25, 0.3) is 0 Å². The Morgan fingerprint density at radius 3 is 2.41 bits per heavy atom. The molecule has 1 aromatic carbocycles. The van der Waals surface area contributed by atoms with E-state index in [0.717, 1.165) is 18.4 Å². The third-order valence-corrected chi connectivity index (χ3v) is 4.82. The maximum absolute atomic E-state index is 12.1. The highest BCUT2D eigenvalue weighted by atomic mass is 16.5. The third-order valence-electron chi connectivity index (χ3n) is 4.82. The summed E-state index contributed by atoms with van der Waals surface area (Å²) in [6.45, 7) is 1.82. The Morgan fingerprint density at radius 2 is 1.74 bits per heavy atom. The number of hydrogen-bond acceptors (Lipinski definition) is 4. The van der Waals surface area contributed by atoms with Crippen molar-refractivity contribution in [3.63, 3.8) is 0 Å². The minimum absolute atomic E-state index is 0.185. The number of benzene rings is 1. The van der Waals surface area contributed by atoms with Crippen LogP contribution in [0.3, 0.4) is 0 Å². The minimum Gasteiger partial charge on any atom is -0.493 e. The van der Waals surface area contributed by atoms with Crippen LogP contribution in [0.1, 0.15) is 37.7 Å². The van der Waals surface area contributed by atoms with Gasteiger partial charge in [0.05, 0.1) is 14.2 Å². The zero-order chi connectivity index (χ0) is 19.5. The van der Waals surface area contributed by atoms with Crippen molar-refractivity contribution in [3.05, 3.63) is 23.8 Å². The van der Waals surface area contributed by atoms with Crippen molar-refractivity contribution in [1.82, 2.24) is 16.0 Å². The summed E-state index contributed by atoms with van der Waals surface area (Å²) in [6.07, 6.45) is 5.64. The summed E-state index contributed by atoms with van der Waals surface area (Å²) in [5, 5.41) is 9.49. The van der Waals surface area contributed by atoms with Crippen LogP contribution >= 0.6 is 0 Å². The summed E-state index contributed by atoms with van der Waals surface area (Å²) in [5.41, 5.74) is 1.06. The summed E-state index contributed by atoms with van der Waals surface area (Å²) in [6, 6.07) is 5.79. The summed E-state index contributed by atoms with van der Waals surface area (Å²) in [7, 11) is 4.97. The number of guanidine groups is 1. The molecular formula is C20H32N4O3. The van der Waals surface area contributed by atoms with E-state index < -0.39 is 0 Å². The van der Waals surface area contributed by atoms with Gasteiger partial charge in [-0.05, 0) is 30.5 Å². The lowest BCUT2D eigenvalue weighted by Crippen LogP contribution is -2.42. The maximum atomic E-state index is 12.1.